The summed E-state index contributed by atoms with van der Waals surface area (Å²) in [6.07, 6.45) is 0.495. The summed E-state index contributed by atoms with van der Waals surface area (Å²) in [7, 11) is 0. The number of halogens is 1. The van der Waals surface area contributed by atoms with E-state index in [9.17, 15) is 9.18 Å². The number of fused-ring (bicyclic) bond motifs is 2. The quantitative estimate of drug-likeness (QED) is 0.707. The summed E-state index contributed by atoms with van der Waals surface area (Å²) >= 11 is 0. The third-order valence-corrected chi connectivity index (χ3v) is 4.87. The van der Waals surface area contributed by atoms with Crippen LogP contribution < -0.4 is 4.90 Å². The lowest BCUT2D eigenvalue weighted by Gasteiger charge is -2.14. The van der Waals surface area contributed by atoms with Crippen LogP contribution >= 0.6 is 0 Å². The molecule has 1 amide bonds. The van der Waals surface area contributed by atoms with Gasteiger partial charge in [-0.05, 0) is 49.2 Å². The third-order valence-electron chi connectivity index (χ3n) is 4.87. The first-order valence-corrected chi connectivity index (χ1v) is 8.18. The maximum Gasteiger partial charge on any atom is 0.235 e. The number of amides is 1. The van der Waals surface area contributed by atoms with Crippen LogP contribution in [0.3, 0.4) is 0 Å². The second kappa shape index (κ2) is 5.48. The highest BCUT2D eigenvalue weighted by Crippen LogP contribution is 2.40. The SMILES string of the molecule is CCN1C(=O)[C@H](Cc2oc3ccc(F)cc3c2C)c2ccccc21. The number of carbonyl (C=O) groups excluding carboxylic acids is 1. The highest BCUT2D eigenvalue weighted by molar-refractivity contribution is 6.05. The van der Waals surface area contributed by atoms with E-state index in [0.29, 0.717) is 18.5 Å². The van der Waals surface area contributed by atoms with Gasteiger partial charge in [0.05, 0.1) is 5.92 Å². The average molecular weight is 323 g/mol. The van der Waals surface area contributed by atoms with Gasteiger partial charge in [0.1, 0.15) is 17.2 Å². The van der Waals surface area contributed by atoms with Crippen molar-refractivity contribution in [3.63, 3.8) is 0 Å². The van der Waals surface area contributed by atoms with E-state index in [1.54, 1.807) is 6.07 Å². The predicted octanol–water partition coefficient (Wildman–Crippen LogP) is 4.57. The van der Waals surface area contributed by atoms with Crippen LogP contribution in [0.1, 0.15) is 29.7 Å². The fraction of sp³-hybridized carbons (Fsp3) is 0.250. The number of para-hydroxylation sites is 1. The molecule has 2 heterocycles. The lowest BCUT2D eigenvalue weighted by Crippen LogP contribution is -2.29. The fourth-order valence-electron chi connectivity index (χ4n) is 3.62. The topological polar surface area (TPSA) is 33.5 Å². The van der Waals surface area contributed by atoms with Crippen LogP contribution in [0, 0.1) is 12.7 Å². The summed E-state index contributed by atoms with van der Waals surface area (Å²) in [5, 5.41) is 0.774. The number of furan rings is 1. The van der Waals surface area contributed by atoms with Crippen LogP contribution in [0.15, 0.2) is 46.9 Å². The Hall–Kier alpha value is -2.62. The molecule has 3 aromatic rings. The standard InChI is InChI=1S/C20H18FNO2/c1-3-22-17-7-5-4-6-14(17)16(20(22)23)11-19-12(2)15-10-13(21)8-9-18(15)24-19/h4-10,16H,3,11H2,1-2H3/t16-/m1/s1. The Morgan fingerprint density at radius 1 is 1.21 bits per heavy atom. The highest BCUT2D eigenvalue weighted by Gasteiger charge is 2.37. The van der Waals surface area contributed by atoms with Crippen molar-refractivity contribution in [2.75, 3.05) is 11.4 Å². The van der Waals surface area contributed by atoms with Gasteiger partial charge in [0.2, 0.25) is 5.91 Å². The smallest absolute Gasteiger partial charge is 0.235 e. The molecule has 0 saturated carbocycles. The Kier molecular flexibility index (Phi) is 3.41. The fourth-order valence-corrected chi connectivity index (χ4v) is 3.62. The summed E-state index contributed by atoms with van der Waals surface area (Å²) in [6.45, 7) is 4.55. The molecule has 122 valence electrons. The van der Waals surface area contributed by atoms with E-state index in [-0.39, 0.29) is 17.6 Å². The Balaban J connectivity index is 1.76. The van der Waals surface area contributed by atoms with Gasteiger partial charge in [-0.3, -0.25) is 4.79 Å². The van der Waals surface area contributed by atoms with Gasteiger partial charge in [-0.1, -0.05) is 18.2 Å². The molecule has 0 bridgehead atoms. The van der Waals surface area contributed by atoms with Crippen molar-refractivity contribution in [1.29, 1.82) is 0 Å². The highest BCUT2D eigenvalue weighted by atomic mass is 19.1. The molecule has 0 fully saturated rings. The molecule has 1 atom stereocenters. The Morgan fingerprint density at radius 2 is 2.00 bits per heavy atom. The normalized spacial score (nSPS) is 16.9. The van der Waals surface area contributed by atoms with Gasteiger partial charge in [0.25, 0.3) is 0 Å². The Bertz CT molecular complexity index is 944. The minimum absolute atomic E-state index is 0.102. The average Bonchev–Trinajstić information content (AvgIpc) is 3.03. The second-order valence-electron chi connectivity index (χ2n) is 6.19. The van der Waals surface area contributed by atoms with Crippen LogP contribution in [0.4, 0.5) is 10.1 Å². The molecule has 0 unspecified atom stereocenters. The van der Waals surface area contributed by atoms with Crippen molar-refractivity contribution in [2.45, 2.75) is 26.2 Å². The third kappa shape index (κ3) is 2.13. The number of benzene rings is 2. The van der Waals surface area contributed by atoms with Gasteiger partial charge in [0.15, 0.2) is 0 Å². The molecule has 3 nitrogen and oxygen atoms in total. The van der Waals surface area contributed by atoms with E-state index in [1.807, 2.05) is 43.0 Å². The molecule has 4 heteroatoms. The minimum atomic E-state index is -0.280. The Labute approximate surface area is 139 Å². The van der Waals surface area contributed by atoms with Crippen molar-refractivity contribution in [3.8, 4) is 0 Å². The summed E-state index contributed by atoms with van der Waals surface area (Å²) in [4.78, 5) is 14.6. The molecule has 0 spiro atoms. The number of hydrogen-bond acceptors (Lipinski definition) is 2. The number of likely N-dealkylation sites (N-methyl/N-ethyl adjacent to an activating group) is 1. The van der Waals surface area contributed by atoms with Crippen LogP contribution in [-0.2, 0) is 11.2 Å². The number of aryl methyl sites for hydroxylation is 1. The maximum atomic E-state index is 13.5. The van der Waals surface area contributed by atoms with Crippen LogP contribution in [0.2, 0.25) is 0 Å². The number of carbonyl (C=O) groups is 1. The molecule has 2 aromatic carbocycles. The van der Waals surface area contributed by atoms with Crippen LogP contribution in [-0.4, -0.2) is 12.5 Å². The molecule has 0 radical (unpaired) electrons. The van der Waals surface area contributed by atoms with E-state index >= 15 is 0 Å². The summed E-state index contributed by atoms with van der Waals surface area (Å²) < 4.78 is 19.4. The molecule has 1 aliphatic rings. The lowest BCUT2D eigenvalue weighted by atomic mass is 9.94. The van der Waals surface area contributed by atoms with Crippen molar-refractivity contribution in [2.24, 2.45) is 0 Å². The summed E-state index contributed by atoms with van der Waals surface area (Å²) in [5.74, 6) is 0.328. The lowest BCUT2D eigenvalue weighted by molar-refractivity contribution is -0.119. The van der Waals surface area contributed by atoms with Crippen molar-refractivity contribution < 1.29 is 13.6 Å². The molecule has 4 rings (SSSR count). The van der Waals surface area contributed by atoms with Gasteiger partial charge in [0, 0.05) is 24.0 Å². The number of hydrogen-bond donors (Lipinski definition) is 0. The van der Waals surface area contributed by atoms with E-state index in [0.717, 1.165) is 28.0 Å². The summed E-state index contributed by atoms with van der Waals surface area (Å²) in [5.41, 5.74) is 3.59. The van der Waals surface area contributed by atoms with E-state index in [1.165, 1.54) is 12.1 Å². The molecular formula is C20H18FNO2. The van der Waals surface area contributed by atoms with Gasteiger partial charge in [-0.15, -0.1) is 0 Å². The van der Waals surface area contributed by atoms with E-state index in [2.05, 4.69) is 0 Å². The van der Waals surface area contributed by atoms with Crippen LogP contribution in [0.5, 0.6) is 0 Å². The molecule has 24 heavy (non-hydrogen) atoms. The van der Waals surface area contributed by atoms with Crippen molar-refractivity contribution in [1.82, 2.24) is 0 Å². The first-order valence-electron chi connectivity index (χ1n) is 8.18. The van der Waals surface area contributed by atoms with E-state index in [4.69, 9.17) is 4.42 Å². The van der Waals surface area contributed by atoms with Gasteiger partial charge >= 0.3 is 0 Å². The number of anilines is 1. The second-order valence-corrected chi connectivity index (χ2v) is 6.19. The zero-order chi connectivity index (χ0) is 16.8. The summed E-state index contributed by atoms with van der Waals surface area (Å²) in [6, 6.07) is 12.4. The molecule has 0 N–H and O–H groups in total. The number of rotatable bonds is 3. The van der Waals surface area contributed by atoms with Crippen LogP contribution in [0.25, 0.3) is 11.0 Å². The molecule has 1 aliphatic heterocycles. The zero-order valence-electron chi connectivity index (χ0n) is 13.7. The minimum Gasteiger partial charge on any atom is -0.461 e. The Morgan fingerprint density at radius 3 is 2.79 bits per heavy atom. The predicted molar refractivity (Wildman–Crippen MR) is 91.8 cm³/mol. The molecular weight excluding hydrogens is 305 g/mol. The first kappa shape index (κ1) is 14.9. The van der Waals surface area contributed by atoms with Crippen molar-refractivity contribution in [3.05, 3.63) is 65.2 Å². The van der Waals surface area contributed by atoms with Gasteiger partial charge in [-0.2, -0.15) is 0 Å². The molecule has 1 aromatic heterocycles. The molecule has 0 saturated heterocycles. The maximum absolute atomic E-state index is 13.5. The largest absolute Gasteiger partial charge is 0.461 e. The number of nitrogens with zero attached hydrogens (tertiary/aromatic N) is 1. The first-order chi connectivity index (χ1) is 11.6. The van der Waals surface area contributed by atoms with E-state index < -0.39 is 0 Å². The van der Waals surface area contributed by atoms with Gasteiger partial charge in [-0.25, -0.2) is 4.39 Å². The molecule has 0 aliphatic carbocycles. The van der Waals surface area contributed by atoms with Crippen molar-refractivity contribution >= 4 is 22.6 Å². The zero-order valence-corrected chi connectivity index (χ0v) is 13.7. The monoisotopic (exact) mass is 323 g/mol. The van der Waals surface area contributed by atoms with Gasteiger partial charge < -0.3 is 9.32 Å².